The zero-order chi connectivity index (χ0) is 14.7. The van der Waals surface area contributed by atoms with Crippen LogP contribution < -0.4 is 10.6 Å². The molecular formula is C16H19ClN2O2S. The lowest BCUT2D eigenvalue weighted by molar-refractivity contribution is -0.122. The van der Waals surface area contributed by atoms with Gasteiger partial charge in [0.05, 0.1) is 12.1 Å². The summed E-state index contributed by atoms with van der Waals surface area (Å²) >= 11 is 1.71. The highest BCUT2D eigenvalue weighted by Crippen LogP contribution is 2.20. The number of rotatable bonds is 4. The molecule has 1 aliphatic heterocycles. The quantitative estimate of drug-likeness (QED) is 0.798. The lowest BCUT2D eigenvalue weighted by Crippen LogP contribution is -2.43. The Hall–Kier alpha value is -1.27. The first-order valence-electron chi connectivity index (χ1n) is 6.99. The van der Waals surface area contributed by atoms with Crippen LogP contribution in [0.5, 0.6) is 0 Å². The molecule has 3 rings (SSSR count). The lowest BCUT2D eigenvalue weighted by atomic mass is 10.0. The third kappa shape index (κ3) is 3.93. The number of carbonyl (C=O) groups is 1. The number of fused-ring (bicyclic) bond motifs is 1. The largest absolute Gasteiger partial charge is 0.387 e. The fourth-order valence-corrected chi connectivity index (χ4v) is 3.36. The van der Waals surface area contributed by atoms with Crippen molar-refractivity contribution >= 4 is 40.8 Å². The lowest BCUT2D eigenvalue weighted by Gasteiger charge is -2.15. The van der Waals surface area contributed by atoms with Crippen molar-refractivity contribution in [1.82, 2.24) is 10.6 Å². The van der Waals surface area contributed by atoms with Crippen LogP contribution in [-0.2, 0) is 4.79 Å². The Bertz CT molecular complexity index is 647. The molecule has 2 unspecified atom stereocenters. The Morgan fingerprint density at radius 3 is 2.82 bits per heavy atom. The van der Waals surface area contributed by atoms with Crippen LogP contribution in [0.4, 0.5) is 0 Å². The fraction of sp³-hybridized carbons (Fsp3) is 0.312. The molecule has 0 aliphatic carbocycles. The van der Waals surface area contributed by atoms with E-state index in [1.54, 1.807) is 11.8 Å². The molecule has 2 aromatic rings. The van der Waals surface area contributed by atoms with E-state index in [0.717, 1.165) is 28.0 Å². The van der Waals surface area contributed by atoms with Crippen molar-refractivity contribution in [3.63, 3.8) is 0 Å². The van der Waals surface area contributed by atoms with Crippen molar-refractivity contribution < 1.29 is 9.90 Å². The van der Waals surface area contributed by atoms with Gasteiger partial charge in [-0.25, -0.2) is 0 Å². The summed E-state index contributed by atoms with van der Waals surface area (Å²) in [7, 11) is 0. The molecule has 0 radical (unpaired) electrons. The van der Waals surface area contributed by atoms with Gasteiger partial charge in [0.2, 0.25) is 5.91 Å². The van der Waals surface area contributed by atoms with Crippen molar-refractivity contribution in [2.45, 2.75) is 12.1 Å². The summed E-state index contributed by atoms with van der Waals surface area (Å²) in [6.07, 6.45) is -0.687. The van der Waals surface area contributed by atoms with E-state index in [4.69, 9.17) is 0 Å². The maximum atomic E-state index is 11.9. The molecule has 1 aliphatic rings. The first-order chi connectivity index (χ1) is 10.2. The SMILES string of the molecule is Cl.O=C(NCC(O)c1ccc2ccccc2c1)C1CSCN1. The summed E-state index contributed by atoms with van der Waals surface area (Å²) < 4.78 is 0. The Morgan fingerprint density at radius 1 is 1.32 bits per heavy atom. The summed E-state index contributed by atoms with van der Waals surface area (Å²) in [4.78, 5) is 11.9. The summed E-state index contributed by atoms with van der Waals surface area (Å²) in [6, 6.07) is 13.7. The highest BCUT2D eigenvalue weighted by molar-refractivity contribution is 7.99. The van der Waals surface area contributed by atoms with Crippen molar-refractivity contribution in [2.24, 2.45) is 0 Å². The average molecular weight is 339 g/mol. The molecule has 0 spiro atoms. The van der Waals surface area contributed by atoms with Crippen molar-refractivity contribution in [1.29, 1.82) is 0 Å². The Balaban J connectivity index is 0.00000176. The minimum absolute atomic E-state index is 0. The van der Waals surface area contributed by atoms with Gasteiger partial charge < -0.3 is 10.4 Å². The minimum atomic E-state index is -0.687. The highest BCUT2D eigenvalue weighted by atomic mass is 35.5. The van der Waals surface area contributed by atoms with E-state index in [9.17, 15) is 9.90 Å². The Labute approximate surface area is 140 Å². The number of benzene rings is 2. The van der Waals surface area contributed by atoms with Gasteiger partial charge in [-0.2, -0.15) is 0 Å². The maximum Gasteiger partial charge on any atom is 0.238 e. The van der Waals surface area contributed by atoms with Gasteiger partial charge in [0.15, 0.2) is 0 Å². The fourth-order valence-electron chi connectivity index (χ4n) is 2.42. The number of amides is 1. The van der Waals surface area contributed by atoms with Gasteiger partial charge in [-0.05, 0) is 22.4 Å². The van der Waals surface area contributed by atoms with Crippen LogP contribution in [0.2, 0.25) is 0 Å². The van der Waals surface area contributed by atoms with Crippen molar-refractivity contribution in [2.75, 3.05) is 18.2 Å². The van der Waals surface area contributed by atoms with Crippen molar-refractivity contribution in [3.05, 3.63) is 48.0 Å². The van der Waals surface area contributed by atoms with Crippen LogP contribution in [0, 0.1) is 0 Å². The molecule has 2 atom stereocenters. The van der Waals surface area contributed by atoms with E-state index >= 15 is 0 Å². The first kappa shape index (κ1) is 17.1. The molecule has 3 N–H and O–H groups in total. The minimum Gasteiger partial charge on any atom is -0.387 e. The summed E-state index contributed by atoms with van der Waals surface area (Å²) in [6.45, 7) is 0.236. The molecule has 1 saturated heterocycles. The molecule has 0 aromatic heterocycles. The van der Waals surface area contributed by atoms with Crippen LogP contribution in [0.1, 0.15) is 11.7 Å². The molecule has 118 valence electrons. The third-order valence-electron chi connectivity index (χ3n) is 3.66. The van der Waals surface area contributed by atoms with Gasteiger partial charge in [-0.15, -0.1) is 24.2 Å². The van der Waals surface area contributed by atoms with Gasteiger partial charge in [-0.1, -0.05) is 36.4 Å². The predicted molar refractivity (Wildman–Crippen MR) is 93.4 cm³/mol. The molecule has 2 aromatic carbocycles. The van der Waals surface area contributed by atoms with Crippen LogP contribution in [0.15, 0.2) is 42.5 Å². The number of aliphatic hydroxyl groups is 1. The molecule has 0 bridgehead atoms. The van der Waals surface area contributed by atoms with Gasteiger partial charge in [0, 0.05) is 18.2 Å². The van der Waals surface area contributed by atoms with E-state index in [0.29, 0.717) is 0 Å². The zero-order valence-electron chi connectivity index (χ0n) is 12.0. The van der Waals surface area contributed by atoms with Crippen LogP contribution >= 0.6 is 24.2 Å². The van der Waals surface area contributed by atoms with Crippen molar-refractivity contribution in [3.8, 4) is 0 Å². The second-order valence-electron chi connectivity index (χ2n) is 5.14. The molecule has 1 fully saturated rings. The van der Waals surface area contributed by atoms with E-state index in [-0.39, 0.29) is 30.9 Å². The van der Waals surface area contributed by atoms with Gasteiger partial charge >= 0.3 is 0 Å². The molecule has 1 amide bonds. The average Bonchev–Trinajstić information content (AvgIpc) is 3.06. The second-order valence-corrected chi connectivity index (χ2v) is 6.17. The number of hydrogen-bond donors (Lipinski definition) is 3. The predicted octanol–water partition coefficient (Wildman–Crippen LogP) is 2.07. The number of aliphatic hydroxyl groups excluding tert-OH is 1. The number of hydrogen-bond acceptors (Lipinski definition) is 4. The van der Waals surface area contributed by atoms with E-state index in [1.807, 2.05) is 42.5 Å². The molecule has 22 heavy (non-hydrogen) atoms. The van der Waals surface area contributed by atoms with Crippen LogP contribution in [0.25, 0.3) is 10.8 Å². The van der Waals surface area contributed by atoms with Gasteiger partial charge in [0.25, 0.3) is 0 Å². The monoisotopic (exact) mass is 338 g/mol. The normalized spacial score (nSPS) is 18.7. The summed E-state index contributed by atoms with van der Waals surface area (Å²) in [5.74, 6) is 1.56. The smallest absolute Gasteiger partial charge is 0.238 e. The Morgan fingerprint density at radius 2 is 2.09 bits per heavy atom. The second kappa shape index (κ2) is 7.83. The number of thioether (sulfide) groups is 1. The third-order valence-corrected chi connectivity index (χ3v) is 4.60. The van der Waals surface area contributed by atoms with E-state index in [2.05, 4.69) is 10.6 Å². The zero-order valence-corrected chi connectivity index (χ0v) is 13.6. The Kier molecular flexibility index (Phi) is 6.08. The summed E-state index contributed by atoms with van der Waals surface area (Å²) in [5.41, 5.74) is 0.822. The van der Waals surface area contributed by atoms with Gasteiger partial charge in [-0.3, -0.25) is 10.1 Å². The summed E-state index contributed by atoms with van der Waals surface area (Å²) in [5, 5.41) is 18.4. The number of halogens is 1. The van der Waals surface area contributed by atoms with E-state index < -0.39 is 6.10 Å². The van der Waals surface area contributed by atoms with Gasteiger partial charge in [0.1, 0.15) is 0 Å². The van der Waals surface area contributed by atoms with Crippen LogP contribution in [-0.4, -0.2) is 35.2 Å². The standard InChI is InChI=1S/C16H18N2O2S.ClH/c19-15(8-17-16(20)14-9-21-10-18-14)13-6-5-11-3-1-2-4-12(11)7-13;/h1-7,14-15,18-19H,8-10H2,(H,17,20);1H. The van der Waals surface area contributed by atoms with E-state index in [1.165, 1.54) is 0 Å². The van der Waals surface area contributed by atoms with Crippen LogP contribution in [0.3, 0.4) is 0 Å². The number of nitrogens with one attached hydrogen (secondary N) is 2. The molecule has 0 saturated carbocycles. The number of carbonyl (C=O) groups excluding carboxylic acids is 1. The molecule has 4 nitrogen and oxygen atoms in total. The maximum absolute atomic E-state index is 11.9. The highest BCUT2D eigenvalue weighted by Gasteiger charge is 2.22. The molecule has 6 heteroatoms. The molecule has 1 heterocycles. The first-order valence-corrected chi connectivity index (χ1v) is 8.15. The molecular weight excluding hydrogens is 320 g/mol. The topological polar surface area (TPSA) is 61.4 Å².